The minimum atomic E-state index is 0.148. The zero-order chi connectivity index (χ0) is 15.7. The van der Waals surface area contributed by atoms with Gasteiger partial charge in [-0.25, -0.2) is 4.98 Å². The number of anilines is 2. The first kappa shape index (κ1) is 14.1. The smallest absolute Gasteiger partial charge is 0.222 e. The monoisotopic (exact) mass is 298 g/mol. The molecule has 0 bridgehead atoms. The average Bonchev–Trinajstić information content (AvgIpc) is 2.90. The van der Waals surface area contributed by atoms with Gasteiger partial charge in [-0.3, -0.25) is 4.68 Å². The van der Waals surface area contributed by atoms with Crippen molar-refractivity contribution in [1.29, 1.82) is 0 Å². The highest BCUT2D eigenvalue weighted by atomic mass is 16.5. The summed E-state index contributed by atoms with van der Waals surface area (Å²) in [5, 5.41) is 4.33. The summed E-state index contributed by atoms with van der Waals surface area (Å²) < 4.78 is 7.23. The van der Waals surface area contributed by atoms with Crippen molar-refractivity contribution in [1.82, 2.24) is 19.7 Å². The van der Waals surface area contributed by atoms with Crippen LogP contribution < -0.4 is 16.2 Å². The van der Waals surface area contributed by atoms with Crippen molar-refractivity contribution in [2.75, 3.05) is 18.6 Å². The Balaban J connectivity index is 2.04. The maximum atomic E-state index is 5.95. The van der Waals surface area contributed by atoms with Crippen LogP contribution in [0.1, 0.15) is 18.1 Å². The normalized spacial score (nSPS) is 11.0. The molecule has 1 aromatic carbocycles. The van der Waals surface area contributed by atoms with E-state index in [9.17, 15) is 0 Å². The van der Waals surface area contributed by atoms with Gasteiger partial charge in [0.15, 0.2) is 5.82 Å². The molecule has 0 unspecified atom stereocenters. The molecule has 0 aliphatic rings. The molecule has 0 saturated carbocycles. The number of nitrogen functional groups attached to an aromatic ring is 2. The Bertz CT molecular complexity index is 826. The average molecular weight is 298 g/mol. The molecule has 0 radical (unpaired) electrons. The standard InChI is InChI=1S/C15H18N6O/c1-3-9-4-5-10(12(6-9)22-2)8-21-13-11(7-18-21)19-15(17)20-14(13)16/h4-7H,3,8H2,1-2H3,(H4,16,17,19,20). The van der Waals surface area contributed by atoms with Crippen molar-refractivity contribution < 1.29 is 4.74 Å². The fourth-order valence-electron chi connectivity index (χ4n) is 2.47. The lowest BCUT2D eigenvalue weighted by Crippen LogP contribution is -2.07. The number of ether oxygens (including phenoxy) is 1. The molecular formula is C15H18N6O. The quantitative estimate of drug-likeness (QED) is 0.758. The Morgan fingerprint density at radius 1 is 1.23 bits per heavy atom. The van der Waals surface area contributed by atoms with E-state index in [2.05, 4.69) is 28.1 Å². The van der Waals surface area contributed by atoms with Gasteiger partial charge in [-0.1, -0.05) is 19.1 Å². The van der Waals surface area contributed by atoms with Crippen molar-refractivity contribution in [3.8, 4) is 5.75 Å². The van der Waals surface area contributed by atoms with E-state index < -0.39 is 0 Å². The predicted octanol–water partition coefficient (Wildman–Crippen LogP) is 1.61. The first-order chi connectivity index (χ1) is 10.6. The Hall–Kier alpha value is -2.83. The molecule has 0 aliphatic carbocycles. The summed E-state index contributed by atoms with van der Waals surface area (Å²) in [5.41, 5.74) is 15.1. The highest BCUT2D eigenvalue weighted by Gasteiger charge is 2.12. The zero-order valence-electron chi connectivity index (χ0n) is 12.6. The van der Waals surface area contributed by atoms with Crippen LogP contribution in [0, 0.1) is 0 Å². The molecule has 7 nitrogen and oxygen atoms in total. The number of benzene rings is 1. The fourth-order valence-corrected chi connectivity index (χ4v) is 2.47. The summed E-state index contributed by atoms with van der Waals surface area (Å²) in [6.45, 7) is 2.63. The van der Waals surface area contributed by atoms with Crippen LogP contribution in [0.2, 0.25) is 0 Å². The number of hydrogen-bond donors (Lipinski definition) is 2. The molecule has 0 atom stereocenters. The van der Waals surface area contributed by atoms with Crippen molar-refractivity contribution in [2.45, 2.75) is 19.9 Å². The Morgan fingerprint density at radius 2 is 2.05 bits per heavy atom. The highest BCUT2D eigenvalue weighted by molar-refractivity contribution is 5.85. The number of fused-ring (bicyclic) bond motifs is 1. The number of nitrogens with two attached hydrogens (primary N) is 2. The van der Waals surface area contributed by atoms with Crippen LogP contribution in [-0.2, 0) is 13.0 Å². The van der Waals surface area contributed by atoms with E-state index in [0.29, 0.717) is 23.4 Å². The van der Waals surface area contributed by atoms with Crippen LogP contribution in [0.25, 0.3) is 11.0 Å². The molecule has 4 N–H and O–H groups in total. The fraction of sp³-hybridized carbons (Fsp3) is 0.267. The van der Waals surface area contributed by atoms with E-state index in [1.54, 1.807) is 18.0 Å². The lowest BCUT2D eigenvalue weighted by Gasteiger charge is -2.11. The Kier molecular flexibility index (Phi) is 3.54. The van der Waals surface area contributed by atoms with Gasteiger partial charge in [0, 0.05) is 5.56 Å². The molecule has 0 fully saturated rings. The molecule has 114 valence electrons. The highest BCUT2D eigenvalue weighted by Crippen LogP contribution is 2.24. The van der Waals surface area contributed by atoms with E-state index in [4.69, 9.17) is 16.2 Å². The predicted molar refractivity (Wildman–Crippen MR) is 85.6 cm³/mol. The second kappa shape index (κ2) is 5.51. The zero-order valence-corrected chi connectivity index (χ0v) is 12.6. The first-order valence-electron chi connectivity index (χ1n) is 7.02. The van der Waals surface area contributed by atoms with Crippen molar-refractivity contribution >= 4 is 22.8 Å². The van der Waals surface area contributed by atoms with Crippen molar-refractivity contribution in [3.05, 3.63) is 35.5 Å². The molecule has 0 amide bonds. The number of aromatic nitrogens is 4. The van der Waals surface area contributed by atoms with E-state index in [-0.39, 0.29) is 5.95 Å². The third-order valence-corrected chi connectivity index (χ3v) is 3.61. The number of nitrogens with zero attached hydrogens (tertiary/aromatic N) is 4. The molecule has 0 spiro atoms. The van der Waals surface area contributed by atoms with Gasteiger partial charge in [0.1, 0.15) is 16.8 Å². The van der Waals surface area contributed by atoms with E-state index in [1.807, 2.05) is 12.1 Å². The van der Waals surface area contributed by atoms with Gasteiger partial charge in [-0.15, -0.1) is 0 Å². The number of aryl methyl sites for hydroxylation is 1. The molecule has 2 heterocycles. The third-order valence-electron chi connectivity index (χ3n) is 3.61. The van der Waals surface area contributed by atoms with Crippen molar-refractivity contribution in [2.24, 2.45) is 0 Å². The van der Waals surface area contributed by atoms with Gasteiger partial charge >= 0.3 is 0 Å². The van der Waals surface area contributed by atoms with Gasteiger partial charge in [-0.05, 0) is 18.1 Å². The van der Waals surface area contributed by atoms with Crippen LogP contribution in [-0.4, -0.2) is 26.9 Å². The maximum absolute atomic E-state index is 5.95. The Labute approximate surface area is 127 Å². The lowest BCUT2D eigenvalue weighted by atomic mass is 10.1. The summed E-state index contributed by atoms with van der Waals surface area (Å²) in [6.07, 6.45) is 2.60. The van der Waals surface area contributed by atoms with Crippen LogP contribution in [0.4, 0.5) is 11.8 Å². The molecule has 3 rings (SSSR count). The van der Waals surface area contributed by atoms with Gasteiger partial charge < -0.3 is 16.2 Å². The van der Waals surface area contributed by atoms with Gasteiger partial charge in [0.05, 0.1) is 19.9 Å². The van der Waals surface area contributed by atoms with Crippen LogP contribution in [0.3, 0.4) is 0 Å². The van der Waals surface area contributed by atoms with Gasteiger partial charge in [0.25, 0.3) is 0 Å². The largest absolute Gasteiger partial charge is 0.496 e. The topological polar surface area (TPSA) is 105 Å². The van der Waals surface area contributed by atoms with E-state index >= 15 is 0 Å². The summed E-state index contributed by atoms with van der Waals surface area (Å²) in [6, 6.07) is 6.17. The Morgan fingerprint density at radius 3 is 2.77 bits per heavy atom. The van der Waals surface area contributed by atoms with Gasteiger partial charge in [0.2, 0.25) is 5.95 Å². The molecule has 7 heteroatoms. The SMILES string of the molecule is CCc1ccc(Cn2ncc3nc(N)nc(N)c32)c(OC)c1. The van der Waals surface area contributed by atoms with E-state index in [0.717, 1.165) is 17.7 Å². The lowest BCUT2D eigenvalue weighted by molar-refractivity contribution is 0.407. The minimum absolute atomic E-state index is 0.148. The van der Waals surface area contributed by atoms with Crippen LogP contribution in [0.5, 0.6) is 5.75 Å². The second-order valence-electron chi connectivity index (χ2n) is 5.00. The molecule has 2 aromatic heterocycles. The van der Waals surface area contributed by atoms with E-state index in [1.165, 1.54) is 5.56 Å². The molecule has 22 heavy (non-hydrogen) atoms. The number of hydrogen-bond acceptors (Lipinski definition) is 6. The summed E-state index contributed by atoms with van der Waals surface area (Å²) in [4.78, 5) is 8.14. The van der Waals surface area contributed by atoms with Crippen molar-refractivity contribution in [3.63, 3.8) is 0 Å². The molecule has 3 aromatic rings. The maximum Gasteiger partial charge on any atom is 0.222 e. The molecule has 0 saturated heterocycles. The van der Waals surface area contributed by atoms with Gasteiger partial charge in [-0.2, -0.15) is 10.1 Å². The number of methoxy groups -OCH3 is 1. The summed E-state index contributed by atoms with van der Waals surface area (Å²) in [7, 11) is 1.66. The number of rotatable bonds is 4. The van der Waals surface area contributed by atoms with Crippen LogP contribution >= 0.6 is 0 Å². The second-order valence-corrected chi connectivity index (χ2v) is 5.00. The summed E-state index contributed by atoms with van der Waals surface area (Å²) in [5.74, 6) is 1.30. The van der Waals surface area contributed by atoms with Crippen LogP contribution in [0.15, 0.2) is 24.4 Å². The third kappa shape index (κ3) is 2.41. The minimum Gasteiger partial charge on any atom is -0.496 e. The first-order valence-corrected chi connectivity index (χ1v) is 7.02. The molecule has 0 aliphatic heterocycles. The summed E-state index contributed by atoms with van der Waals surface area (Å²) >= 11 is 0. The molecular weight excluding hydrogens is 280 g/mol.